The standard InChI is InChI=1S/C8H6N2O3S2/c11-3-5-7(15-4-6(12)13)9-8-10(5)1-2-14-8/h1-3H,4H2,(H,12,13). The van der Waals surface area contributed by atoms with Crippen molar-refractivity contribution in [3.8, 4) is 0 Å². The summed E-state index contributed by atoms with van der Waals surface area (Å²) >= 11 is 2.46. The number of hydrogen-bond donors (Lipinski definition) is 1. The van der Waals surface area contributed by atoms with Crippen LogP contribution in [0.2, 0.25) is 0 Å². The summed E-state index contributed by atoms with van der Waals surface area (Å²) in [5, 5.41) is 10.8. The molecule has 0 spiro atoms. The van der Waals surface area contributed by atoms with Crippen molar-refractivity contribution >= 4 is 40.3 Å². The van der Waals surface area contributed by atoms with Gasteiger partial charge in [0.05, 0.1) is 5.75 Å². The maximum absolute atomic E-state index is 10.8. The van der Waals surface area contributed by atoms with Crippen LogP contribution in [-0.2, 0) is 4.79 Å². The Kier molecular flexibility index (Phi) is 2.74. The number of rotatable bonds is 4. The van der Waals surface area contributed by atoms with E-state index < -0.39 is 5.97 Å². The van der Waals surface area contributed by atoms with Crippen LogP contribution < -0.4 is 0 Å². The van der Waals surface area contributed by atoms with E-state index in [1.807, 2.05) is 5.38 Å². The lowest BCUT2D eigenvalue weighted by Gasteiger charge is -1.93. The second-order valence-corrected chi connectivity index (χ2v) is 4.50. The Labute approximate surface area is 92.7 Å². The van der Waals surface area contributed by atoms with Crippen molar-refractivity contribution in [1.82, 2.24) is 9.38 Å². The number of carboxylic acid groups (broad SMARTS) is 1. The Morgan fingerprint density at radius 3 is 3.20 bits per heavy atom. The average molecular weight is 242 g/mol. The van der Waals surface area contributed by atoms with Gasteiger partial charge in [-0.3, -0.25) is 14.0 Å². The lowest BCUT2D eigenvalue weighted by atomic mass is 10.5. The molecule has 0 saturated carbocycles. The number of thiazole rings is 1. The molecule has 0 aliphatic heterocycles. The molecular weight excluding hydrogens is 236 g/mol. The lowest BCUT2D eigenvalue weighted by Crippen LogP contribution is -1.98. The van der Waals surface area contributed by atoms with Crippen LogP contribution in [0.15, 0.2) is 16.6 Å². The molecule has 0 unspecified atom stereocenters. The minimum atomic E-state index is -0.923. The van der Waals surface area contributed by atoms with Crippen LogP contribution in [0.1, 0.15) is 10.5 Å². The third-order valence-electron chi connectivity index (χ3n) is 1.71. The fourth-order valence-corrected chi connectivity index (χ4v) is 2.61. The van der Waals surface area contributed by atoms with E-state index in [0.29, 0.717) is 22.0 Å². The van der Waals surface area contributed by atoms with Crippen molar-refractivity contribution in [3.05, 3.63) is 17.3 Å². The molecule has 15 heavy (non-hydrogen) atoms. The molecule has 2 aromatic rings. The van der Waals surface area contributed by atoms with Gasteiger partial charge in [-0.1, -0.05) is 11.8 Å². The number of nitrogens with zero attached hydrogens (tertiary/aromatic N) is 2. The number of carboxylic acids is 1. The summed E-state index contributed by atoms with van der Waals surface area (Å²) in [6.45, 7) is 0. The molecule has 1 N–H and O–H groups in total. The van der Waals surface area contributed by atoms with E-state index in [4.69, 9.17) is 5.11 Å². The van der Waals surface area contributed by atoms with Crippen molar-refractivity contribution in [2.45, 2.75) is 5.03 Å². The lowest BCUT2D eigenvalue weighted by molar-refractivity contribution is -0.133. The van der Waals surface area contributed by atoms with Crippen LogP contribution in [0.5, 0.6) is 0 Å². The van der Waals surface area contributed by atoms with Crippen LogP contribution >= 0.6 is 23.1 Å². The van der Waals surface area contributed by atoms with Crippen LogP contribution in [0, 0.1) is 0 Å². The van der Waals surface area contributed by atoms with Gasteiger partial charge in [0.25, 0.3) is 0 Å². The maximum atomic E-state index is 10.8. The summed E-state index contributed by atoms with van der Waals surface area (Å²) in [5.74, 6) is -1.01. The summed E-state index contributed by atoms with van der Waals surface area (Å²) in [6, 6.07) is 0. The van der Waals surface area contributed by atoms with Crippen molar-refractivity contribution in [3.63, 3.8) is 0 Å². The van der Waals surface area contributed by atoms with Crippen LogP contribution in [0.25, 0.3) is 4.96 Å². The van der Waals surface area contributed by atoms with Gasteiger partial charge in [0, 0.05) is 11.6 Å². The highest BCUT2D eigenvalue weighted by Crippen LogP contribution is 2.24. The molecule has 0 radical (unpaired) electrons. The van der Waals surface area contributed by atoms with Gasteiger partial charge in [0.1, 0.15) is 10.7 Å². The summed E-state index contributed by atoms with van der Waals surface area (Å²) in [6.07, 6.45) is 2.43. The average Bonchev–Trinajstić information content (AvgIpc) is 2.72. The van der Waals surface area contributed by atoms with Gasteiger partial charge in [0.2, 0.25) is 0 Å². The van der Waals surface area contributed by atoms with E-state index in [0.717, 1.165) is 11.8 Å². The van der Waals surface area contributed by atoms with E-state index in [-0.39, 0.29) is 5.75 Å². The molecule has 0 aliphatic rings. The number of aldehydes is 1. The zero-order valence-corrected chi connectivity index (χ0v) is 9.05. The summed E-state index contributed by atoms with van der Waals surface area (Å²) in [4.78, 5) is 26.1. The Hall–Kier alpha value is -1.34. The fourth-order valence-electron chi connectivity index (χ4n) is 1.13. The number of carbonyl (C=O) groups excluding carboxylic acids is 1. The first-order valence-corrected chi connectivity index (χ1v) is 5.84. The van der Waals surface area contributed by atoms with E-state index >= 15 is 0 Å². The number of carbonyl (C=O) groups is 2. The first-order valence-electron chi connectivity index (χ1n) is 3.97. The molecule has 0 bridgehead atoms. The zero-order chi connectivity index (χ0) is 10.8. The minimum absolute atomic E-state index is 0.0916. The van der Waals surface area contributed by atoms with Crippen molar-refractivity contribution < 1.29 is 14.7 Å². The molecule has 0 atom stereocenters. The van der Waals surface area contributed by atoms with E-state index in [1.54, 1.807) is 10.6 Å². The van der Waals surface area contributed by atoms with Gasteiger partial charge in [0.15, 0.2) is 11.2 Å². The van der Waals surface area contributed by atoms with Crippen molar-refractivity contribution in [1.29, 1.82) is 0 Å². The molecule has 0 fully saturated rings. The number of aliphatic carboxylic acids is 1. The molecule has 2 rings (SSSR count). The number of fused-ring (bicyclic) bond motifs is 1. The summed E-state index contributed by atoms with van der Waals surface area (Å²) < 4.78 is 1.65. The Bertz CT molecular complexity index is 517. The van der Waals surface area contributed by atoms with Crippen molar-refractivity contribution in [2.24, 2.45) is 0 Å². The topological polar surface area (TPSA) is 71.7 Å². The first kappa shape index (κ1) is 10.2. The molecule has 0 saturated heterocycles. The zero-order valence-electron chi connectivity index (χ0n) is 7.41. The molecule has 0 aromatic carbocycles. The molecular formula is C8H6N2O3S2. The molecule has 2 aromatic heterocycles. The SMILES string of the molecule is O=Cc1c(SCC(=O)O)nc2sccn12. The van der Waals surface area contributed by atoms with E-state index in [1.165, 1.54) is 11.3 Å². The Balaban J connectivity index is 2.37. The number of thioether (sulfide) groups is 1. The van der Waals surface area contributed by atoms with Crippen molar-refractivity contribution in [2.75, 3.05) is 5.75 Å². The quantitative estimate of drug-likeness (QED) is 0.648. The largest absolute Gasteiger partial charge is 0.481 e. The van der Waals surface area contributed by atoms with Crippen LogP contribution in [0.3, 0.4) is 0 Å². The van der Waals surface area contributed by atoms with Crippen LogP contribution in [0.4, 0.5) is 0 Å². The van der Waals surface area contributed by atoms with Gasteiger partial charge in [-0.25, -0.2) is 4.98 Å². The molecule has 78 valence electrons. The predicted molar refractivity (Wildman–Crippen MR) is 56.8 cm³/mol. The van der Waals surface area contributed by atoms with Crippen LogP contribution in [-0.4, -0.2) is 32.5 Å². The summed E-state index contributed by atoms with van der Waals surface area (Å²) in [7, 11) is 0. The van der Waals surface area contributed by atoms with E-state index in [2.05, 4.69) is 4.98 Å². The number of aromatic nitrogens is 2. The minimum Gasteiger partial charge on any atom is -0.481 e. The smallest absolute Gasteiger partial charge is 0.313 e. The highest BCUT2D eigenvalue weighted by atomic mass is 32.2. The Morgan fingerprint density at radius 2 is 2.53 bits per heavy atom. The molecule has 5 nitrogen and oxygen atoms in total. The number of hydrogen-bond acceptors (Lipinski definition) is 5. The van der Waals surface area contributed by atoms with Gasteiger partial charge in [-0.2, -0.15) is 0 Å². The maximum Gasteiger partial charge on any atom is 0.313 e. The fraction of sp³-hybridized carbons (Fsp3) is 0.125. The third-order valence-corrected chi connectivity index (χ3v) is 3.43. The van der Waals surface area contributed by atoms with Gasteiger partial charge in [-0.05, 0) is 0 Å². The normalized spacial score (nSPS) is 10.7. The van der Waals surface area contributed by atoms with E-state index in [9.17, 15) is 9.59 Å². The van der Waals surface area contributed by atoms with Gasteiger partial charge >= 0.3 is 5.97 Å². The monoisotopic (exact) mass is 242 g/mol. The second kappa shape index (κ2) is 4.03. The molecule has 0 aliphatic carbocycles. The molecule has 7 heteroatoms. The van der Waals surface area contributed by atoms with Gasteiger partial charge in [-0.15, -0.1) is 11.3 Å². The Morgan fingerprint density at radius 1 is 1.73 bits per heavy atom. The van der Waals surface area contributed by atoms with Gasteiger partial charge < -0.3 is 5.11 Å². The molecule has 2 heterocycles. The molecule has 0 amide bonds. The number of imidazole rings is 1. The summed E-state index contributed by atoms with van der Waals surface area (Å²) in [5.41, 5.74) is 0.414. The highest BCUT2D eigenvalue weighted by Gasteiger charge is 2.13. The second-order valence-electron chi connectivity index (χ2n) is 2.66. The highest BCUT2D eigenvalue weighted by molar-refractivity contribution is 8.00. The first-order chi connectivity index (χ1) is 7.22. The third kappa shape index (κ3) is 1.88. The predicted octanol–water partition coefficient (Wildman–Crippen LogP) is 1.39.